The SMILES string of the molecule is O=C1CC(O)(C(F)(F)F)CC(O)O1. The van der Waals surface area contributed by atoms with Gasteiger partial charge in [0.15, 0.2) is 5.60 Å². The fourth-order valence-corrected chi connectivity index (χ4v) is 1.05. The van der Waals surface area contributed by atoms with Gasteiger partial charge in [0.05, 0.1) is 6.42 Å². The largest absolute Gasteiger partial charge is 0.436 e. The van der Waals surface area contributed by atoms with Gasteiger partial charge in [-0.25, -0.2) is 0 Å². The van der Waals surface area contributed by atoms with E-state index in [2.05, 4.69) is 4.74 Å². The highest BCUT2D eigenvalue weighted by Crippen LogP contribution is 2.39. The summed E-state index contributed by atoms with van der Waals surface area (Å²) in [5, 5.41) is 17.6. The summed E-state index contributed by atoms with van der Waals surface area (Å²) in [6.07, 6.45) is -9.05. The third-order valence-electron chi connectivity index (χ3n) is 1.74. The number of esters is 1. The normalized spacial score (nSPS) is 35.8. The topological polar surface area (TPSA) is 66.8 Å². The van der Waals surface area contributed by atoms with Gasteiger partial charge < -0.3 is 14.9 Å². The third-order valence-corrected chi connectivity index (χ3v) is 1.74. The van der Waals surface area contributed by atoms with Gasteiger partial charge in [-0.15, -0.1) is 0 Å². The van der Waals surface area contributed by atoms with Crippen molar-refractivity contribution in [1.82, 2.24) is 0 Å². The van der Waals surface area contributed by atoms with Crippen LogP contribution < -0.4 is 0 Å². The van der Waals surface area contributed by atoms with Crippen molar-refractivity contribution in [3.63, 3.8) is 0 Å². The molecule has 0 aliphatic carbocycles. The molecule has 1 fully saturated rings. The van der Waals surface area contributed by atoms with Gasteiger partial charge in [-0.1, -0.05) is 0 Å². The molecule has 76 valence electrons. The molecule has 0 spiro atoms. The summed E-state index contributed by atoms with van der Waals surface area (Å²) in [7, 11) is 0. The van der Waals surface area contributed by atoms with Gasteiger partial charge >= 0.3 is 12.1 Å². The van der Waals surface area contributed by atoms with Gasteiger partial charge in [0.1, 0.15) is 0 Å². The summed E-state index contributed by atoms with van der Waals surface area (Å²) in [6.45, 7) is 0. The first-order valence-corrected chi connectivity index (χ1v) is 3.41. The molecule has 0 amide bonds. The lowest BCUT2D eigenvalue weighted by Gasteiger charge is -2.34. The molecule has 1 aliphatic rings. The molecule has 1 rings (SSSR count). The highest BCUT2D eigenvalue weighted by Gasteiger charge is 2.58. The second kappa shape index (κ2) is 2.85. The Morgan fingerprint density at radius 2 is 2.08 bits per heavy atom. The van der Waals surface area contributed by atoms with Crippen molar-refractivity contribution in [1.29, 1.82) is 0 Å². The number of hydrogen-bond acceptors (Lipinski definition) is 4. The van der Waals surface area contributed by atoms with Crippen LogP contribution >= 0.6 is 0 Å². The molecule has 1 heterocycles. The molecule has 0 aromatic heterocycles. The molecule has 0 bridgehead atoms. The quantitative estimate of drug-likeness (QED) is 0.537. The van der Waals surface area contributed by atoms with Gasteiger partial charge in [-0.2, -0.15) is 13.2 Å². The van der Waals surface area contributed by atoms with Gasteiger partial charge in [0.25, 0.3) is 0 Å². The van der Waals surface area contributed by atoms with Gasteiger partial charge in [-0.3, -0.25) is 4.79 Å². The number of ether oxygens (including phenoxy) is 1. The zero-order valence-corrected chi connectivity index (χ0v) is 6.34. The first-order chi connectivity index (χ1) is 5.74. The van der Waals surface area contributed by atoms with Crippen LogP contribution in [0.3, 0.4) is 0 Å². The van der Waals surface area contributed by atoms with E-state index in [9.17, 15) is 18.0 Å². The van der Waals surface area contributed by atoms with Crippen LogP contribution in [0.5, 0.6) is 0 Å². The molecular formula is C6H7F3O4. The Balaban J connectivity index is 2.84. The van der Waals surface area contributed by atoms with Crippen LogP contribution in [0.25, 0.3) is 0 Å². The van der Waals surface area contributed by atoms with Crippen LogP contribution in [-0.4, -0.2) is 34.2 Å². The predicted octanol–water partition coefficient (Wildman–Crippen LogP) is -0.0648. The minimum atomic E-state index is -4.94. The highest BCUT2D eigenvalue weighted by atomic mass is 19.4. The molecule has 2 N–H and O–H groups in total. The number of alkyl halides is 3. The summed E-state index contributed by atoms with van der Waals surface area (Å²) in [4.78, 5) is 10.5. The summed E-state index contributed by atoms with van der Waals surface area (Å²) < 4.78 is 40.3. The Bertz CT molecular complexity index is 226. The lowest BCUT2D eigenvalue weighted by molar-refractivity contribution is -0.295. The summed E-state index contributed by atoms with van der Waals surface area (Å²) in [6, 6.07) is 0. The van der Waals surface area contributed by atoms with E-state index in [1.807, 2.05) is 0 Å². The summed E-state index contributed by atoms with van der Waals surface area (Å²) in [5.41, 5.74) is -3.16. The lowest BCUT2D eigenvalue weighted by atomic mass is 9.92. The van der Waals surface area contributed by atoms with E-state index < -0.39 is 36.9 Å². The molecule has 4 nitrogen and oxygen atoms in total. The molecule has 0 radical (unpaired) electrons. The van der Waals surface area contributed by atoms with E-state index in [0.717, 1.165) is 0 Å². The average Bonchev–Trinajstić information content (AvgIpc) is 1.79. The fraction of sp³-hybridized carbons (Fsp3) is 0.833. The first-order valence-electron chi connectivity index (χ1n) is 3.41. The maximum Gasteiger partial charge on any atom is 0.418 e. The van der Waals surface area contributed by atoms with Gasteiger partial charge in [0.2, 0.25) is 6.29 Å². The first kappa shape index (κ1) is 10.3. The van der Waals surface area contributed by atoms with Crippen molar-refractivity contribution >= 4 is 5.97 Å². The number of halogens is 3. The van der Waals surface area contributed by atoms with E-state index in [0.29, 0.717) is 0 Å². The average molecular weight is 200 g/mol. The number of aliphatic hydroxyl groups excluding tert-OH is 1. The van der Waals surface area contributed by atoms with Crippen LogP contribution in [0.15, 0.2) is 0 Å². The van der Waals surface area contributed by atoms with Crippen molar-refractivity contribution in [3.05, 3.63) is 0 Å². The van der Waals surface area contributed by atoms with Crippen molar-refractivity contribution in [2.75, 3.05) is 0 Å². The van der Waals surface area contributed by atoms with E-state index in [1.54, 1.807) is 0 Å². The molecule has 2 unspecified atom stereocenters. The van der Waals surface area contributed by atoms with Crippen molar-refractivity contribution in [3.8, 4) is 0 Å². The second-order valence-electron chi connectivity index (χ2n) is 2.85. The minimum Gasteiger partial charge on any atom is -0.436 e. The van der Waals surface area contributed by atoms with E-state index >= 15 is 0 Å². The van der Waals surface area contributed by atoms with E-state index in [-0.39, 0.29) is 0 Å². The van der Waals surface area contributed by atoms with Crippen LogP contribution in [0.1, 0.15) is 12.8 Å². The molecular weight excluding hydrogens is 193 g/mol. The Labute approximate surface area is 70.9 Å². The van der Waals surface area contributed by atoms with Crippen molar-refractivity contribution < 1.29 is 32.9 Å². The standard InChI is InChI=1S/C6H7F3O4/c7-6(8,9)5(12)1-3(10)13-4(11)2-5/h3,10,12H,1-2H2. The maximum absolute atomic E-state index is 12.1. The molecule has 1 aliphatic heterocycles. The molecule has 13 heavy (non-hydrogen) atoms. The molecule has 2 atom stereocenters. The van der Waals surface area contributed by atoms with E-state index in [4.69, 9.17) is 10.2 Å². The second-order valence-corrected chi connectivity index (χ2v) is 2.85. The summed E-state index contributed by atoms with van der Waals surface area (Å²) >= 11 is 0. The van der Waals surface area contributed by atoms with Crippen LogP contribution in [-0.2, 0) is 9.53 Å². The molecule has 0 saturated carbocycles. The van der Waals surface area contributed by atoms with Crippen LogP contribution in [0.2, 0.25) is 0 Å². The highest BCUT2D eigenvalue weighted by molar-refractivity contribution is 5.71. The smallest absolute Gasteiger partial charge is 0.418 e. The molecule has 1 saturated heterocycles. The minimum absolute atomic E-state index is 1.04. The fourth-order valence-electron chi connectivity index (χ4n) is 1.05. The zero-order chi connectivity index (χ0) is 10.3. The Kier molecular flexibility index (Phi) is 2.25. The molecule has 0 aromatic carbocycles. The Morgan fingerprint density at radius 3 is 2.46 bits per heavy atom. The predicted molar refractivity (Wildman–Crippen MR) is 32.3 cm³/mol. The lowest BCUT2D eigenvalue weighted by Crippen LogP contribution is -2.53. The molecule has 7 heteroatoms. The zero-order valence-electron chi connectivity index (χ0n) is 6.34. The number of rotatable bonds is 0. The number of aliphatic hydroxyl groups is 2. The number of carbonyl (C=O) groups excluding carboxylic acids is 1. The van der Waals surface area contributed by atoms with Crippen molar-refractivity contribution in [2.45, 2.75) is 30.9 Å². The number of cyclic esters (lactones) is 1. The van der Waals surface area contributed by atoms with Crippen LogP contribution in [0.4, 0.5) is 13.2 Å². The van der Waals surface area contributed by atoms with Crippen LogP contribution in [0, 0.1) is 0 Å². The van der Waals surface area contributed by atoms with E-state index in [1.165, 1.54) is 0 Å². The van der Waals surface area contributed by atoms with Gasteiger partial charge in [-0.05, 0) is 0 Å². The number of hydrogen-bond donors (Lipinski definition) is 2. The Hall–Kier alpha value is -0.820. The van der Waals surface area contributed by atoms with Gasteiger partial charge in [0, 0.05) is 6.42 Å². The van der Waals surface area contributed by atoms with Crippen molar-refractivity contribution in [2.24, 2.45) is 0 Å². The Morgan fingerprint density at radius 1 is 1.54 bits per heavy atom. The maximum atomic E-state index is 12.1. The monoisotopic (exact) mass is 200 g/mol. The molecule has 0 aromatic rings. The third kappa shape index (κ3) is 1.92. The number of carbonyl (C=O) groups is 1. The summed E-state index contributed by atoms with van der Waals surface area (Å²) in [5.74, 6) is -1.27.